The van der Waals surface area contributed by atoms with Gasteiger partial charge >= 0.3 is 10.1 Å². The second-order valence-electron chi connectivity index (χ2n) is 6.66. The lowest BCUT2D eigenvalue weighted by Gasteiger charge is -2.11. The lowest BCUT2D eigenvalue weighted by Crippen LogP contribution is -2.17. The highest BCUT2D eigenvalue weighted by Gasteiger charge is 2.20. The van der Waals surface area contributed by atoms with Crippen LogP contribution >= 0.6 is 31.9 Å². The Hall–Kier alpha value is -2.89. The molecule has 0 fully saturated rings. The highest BCUT2D eigenvalue weighted by atomic mass is 79.9. The Morgan fingerprint density at radius 1 is 1.03 bits per heavy atom. The minimum atomic E-state index is -4.01. The standard InChI is InChI=1S/C23H20Br2N2O6S/c1-3-32-20-10-9-16(13-21(20)31-2)23(28)27-26-14-15-11-18(24)22(19(25)12-15)33-34(29,30)17-7-5-4-6-8-17/h4-14H,3H2,1-2H3,(H,27,28)/b26-14+. The van der Waals surface area contributed by atoms with Gasteiger partial charge in [0.15, 0.2) is 17.2 Å². The van der Waals surface area contributed by atoms with E-state index in [1.54, 1.807) is 48.5 Å². The topological polar surface area (TPSA) is 103 Å². The zero-order valence-electron chi connectivity index (χ0n) is 18.1. The molecule has 0 saturated heterocycles. The number of nitrogens with zero attached hydrogens (tertiary/aromatic N) is 1. The summed E-state index contributed by atoms with van der Waals surface area (Å²) in [7, 11) is -2.52. The number of hydrazone groups is 1. The van der Waals surface area contributed by atoms with Crippen molar-refractivity contribution in [3.05, 3.63) is 80.7 Å². The predicted molar refractivity (Wildman–Crippen MR) is 135 cm³/mol. The quantitative estimate of drug-likeness (QED) is 0.204. The van der Waals surface area contributed by atoms with E-state index in [-0.39, 0.29) is 10.6 Å². The summed E-state index contributed by atoms with van der Waals surface area (Å²) < 4.78 is 41.8. The lowest BCUT2D eigenvalue weighted by molar-refractivity contribution is 0.0954. The third-order valence-electron chi connectivity index (χ3n) is 4.35. The molecule has 0 spiro atoms. The van der Waals surface area contributed by atoms with Crippen LogP contribution in [-0.2, 0) is 10.1 Å². The van der Waals surface area contributed by atoms with Gasteiger partial charge in [-0.15, -0.1) is 0 Å². The van der Waals surface area contributed by atoms with Gasteiger partial charge in [0.1, 0.15) is 4.90 Å². The number of amides is 1. The second kappa shape index (κ2) is 11.5. The van der Waals surface area contributed by atoms with Gasteiger partial charge in [-0.25, -0.2) is 5.43 Å². The Morgan fingerprint density at radius 2 is 1.71 bits per heavy atom. The molecule has 0 bridgehead atoms. The van der Waals surface area contributed by atoms with Gasteiger partial charge in [0, 0.05) is 5.56 Å². The van der Waals surface area contributed by atoms with E-state index in [2.05, 4.69) is 42.4 Å². The summed E-state index contributed by atoms with van der Waals surface area (Å²) in [6, 6.07) is 15.8. The van der Waals surface area contributed by atoms with Crippen molar-refractivity contribution in [2.45, 2.75) is 11.8 Å². The molecule has 0 aliphatic carbocycles. The van der Waals surface area contributed by atoms with E-state index < -0.39 is 16.0 Å². The molecular weight excluding hydrogens is 592 g/mol. The fourth-order valence-electron chi connectivity index (χ4n) is 2.79. The Balaban J connectivity index is 1.72. The smallest absolute Gasteiger partial charge is 0.339 e. The van der Waals surface area contributed by atoms with Gasteiger partial charge in [0.25, 0.3) is 5.91 Å². The molecule has 178 valence electrons. The van der Waals surface area contributed by atoms with Crippen molar-refractivity contribution < 1.29 is 26.9 Å². The van der Waals surface area contributed by atoms with Crippen LogP contribution in [0, 0.1) is 0 Å². The fraction of sp³-hybridized carbons (Fsp3) is 0.130. The number of hydrogen-bond acceptors (Lipinski definition) is 7. The summed E-state index contributed by atoms with van der Waals surface area (Å²) in [6.45, 7) is 2.33. The van der Waals surface area contributed by atoms with E-state index in [0.29, 0.717) is 38.2 Å². The molecule has 0 radical (unpaired) electrons. The van der Waals surface area contributed by atoms with Crippen LogP contribution in [0.2, 0.25) is 0 Å². The van der Waals surface area contributed by atoms with Crippen LogP contribution in [0.15, 0.2) is 79.6 Å². The van der Waals surface area contributed by atoms with Crippen LogP contribution < -0.4 is 19.1 Å². The van der Waals surface area contributed by atoms with Gasteiger partial charge in [0.05, 0.1) is 28.9 Å². The van der Waals surface area contributed by atoms with Crippen LogP contribution in [0.4, 0.5) is 0 Å². The largest absolute Gasteiger partial charge is 0.493 e. The number of hydrogen-bond donors (Lipinski definition) is 1. The van der Waals surface area contributed by atoms with Gasteiger partial charge in [-0.05, 0) is 86.8 Å². The third-order valence-corrected chi connectivity index (χ3v) is 6.76. The molecule has 0 heterocycles. The Kier molecular flexibility index (Phi) is 8.70. The predicted octanol–water partition coefficient (Wildman–Crippen LogP) is 5.15. The number of ether oxygens (including phenoxy) is 2. The second-order valence-corrected chi connectivity index (χ2v) is 9.92. The first-order valence-electron chi connectivity index (χ1n) is 9.88. The number of methoxy groups -OCH3 is 1. The van der Waals surface area contributed by atoms with Gasteiger partial charge in [-0.3, -0.25) is 4.79 Å². The minimum absolute atomic E-state index is 0.0353. The monoisotopic (exact) mass is 610 g/mol. The summed E-state index contributed by atoms with van der Waals surface area (Å²) in [5.41, 5.74) is 3.36. The molecule has 0 saturated carbocycles. The summed E-state index contributed by atoms with van der Waals surface area (Å²) in [5, 5.41) is 3.97. The minimum Gasteiger partial charge on any atom is -0.493 e. The average molecular weight is 612 g/mol. The van der Waals surface area contributed by atoms with Crippen LogP contribution in [0.3, 0.4) is 0 Å². The molecule has 3 aromatic carbocycles. The first kappa shape index (κ1) is 25.7. The molecule has 1 amide bonds. The SMILES string of the molecule is CCOc1ccc(C(=O)N/N=C/c2cc(Br)c(OS(=O)(=O)c3ccccc3)c(Br)c2)cc1OC. The summed E-state index contributed by atoms with van der Waals surface area (Å²) in [6.07, 6.45) is 1.41. The molecule has 1 N–H and O–H groups in total. The number of nitrogens with one attached hydrogen (secondary N) is 1. The highest BCUT2D eigenvalue weighted by molar-refractivity contribution is 9.11. The molecule has 8 nitrogen and oxygen atoms in total. The Bertz CT molecular complexity index is 1290. The lowest BCUT2D eigenvalue weighted by atomic mass is 10.2. The van der Waals surface area contributed by atoms with E-state index in [0.717, 1.165) is 0 Å². The molecule has 0 aromatic heterocycles. The van der Waals surface area contributed by atoms with Crippen molar-refractivity contribution in [1.29, 1.82) is 0 Å². The fourth-order valence-corrected chi connectivity index (χ4v) is 5.38. The molecule has 0 aliphatic heterocycles. The van der Waals surface area contributed by atoms with Gasteiger partial charge in [0.2, 0.25) is 0 Å². The number of halogens is 2. The molecule has 34 heavy (non-hydrogen) atoms. The highest BCUT2D eigenvalue weighted by Crippen LogP contribution is 2.36. The molecule has 11 heteroatoms. The van der Waals surface area contributed by atoms with E-state index in [1.807, 2.05) is 6.92 Å². The summed E-state index contributed by atoms with van der Waals surface area (Å²) >= 11 is 6.64. The van der Waals surface area contributed by atoms with Crippen LogP contribution in [0.25, 0.3) is 0 Å². The van der Waals surface area contributed by atoms with Crippen LogP contribution in [0.1, 0.15) is 22.8 Å². The first-order chi connectivity index (χ1) is 16.2. The number of carbonyl (C=O) groups excluding carboxylic acids is 1. The van der Waals surface area contributed by atoms with Gasteiger partial charge < -0.3 is 13.7 Å². The molecule has 3 rings (SSSR count). The third kappa shape index (κ3) is 6.37. The normalized spacial score (nSPS) is 11.3. The maximum absolute atomic E-state index is 12.5. The van der Waals surface area contributed by atoms with Crippen molar-refractivity contribution in [3.63, 3.8) is 0 Å². The zero-order chi connectivity index (χ0) is 24.7. The van der Waals surface area contributed by atoms with Gasteiger partial charge in [-0.1, -0.05) is 18.2 Å². The van der Waals surface area contributed by atoms with Crippen molar-refractivity contribution in [3.8, 4) is 17.2 Å². The maximum Gasteiger partial charge on any atom is 0.339 e. The average Bonchev–Trinajstić information content (AvgIpc) is 2.82. The Morgan fingerprint density at radius 3 is 2.32 bits per heavy atom. The molecular formula is C23H20Br2N2O6S. The summed E-state index contributed by atoms with van der Waals surface area (Å²) in [4.78, 5) is 12.5. The molecule has 0 aliphatic rings. The summed E-state index contributed by atoms with van der Waals surface area (Å²) in [5.74, 6) is 0.625. The van der Waals surface area contributed by atoms with Crippen molar-refractivity contribution in [1.82, 2.24) is 5.43 Å². The van der Waals surface area contributed by atoms with E-state index in [4.69, 9.17) is 13.7 Å². The number of carbonyl (C=O) groups is 1. The van der Waals surface area contributed by atoms with Crippen LogP contribution in [-0.4, -0.2) is 34.3 Å². The van der Waals surface area contributed by atoms with Crippen molar-refractivity contribution in [2.75, 3.05) is 13.7 Å². The van der Waals surface area contributed by atoms with Crippen molar-refractivity contribution in [2.24, 2.45) is 5.10 Å². The molecule has 0 unspecified atom stereocenters. The Labute approximate surface area is 214 Å². The van der Waals surface area contributed by atoms with Crippen LogP contribution in [0.5, 0.6) is 17.2 Å². The van der Waals surface area contributed by atoms with E-state index >= 15 is 0 Å². The number of rotatable bonds is 9. The molecule has 0 atom stereocenters. The molecule has 3 aromatic rings. The maximum atomic E-state index is 12.5. The first-order valence-corrected chi connectivity index (χ1v) is 12.9. The van der Waals surface area contributed by atoms with Crippen molar-refractivity contribution >= 4 is 54.1 Å². The zero-order valence-corrected chi connectivity index (χ0v) is 22.1. The van der Waals surface area contributed by atoms with Gasteiger partial charge in [-0.2, -0.15) is 13.5 Å². The van der Waals surface area contributed by atoms with E-state index in [9.17, 15) is 13.2 Å². The number of benzene rings is 3. The van der Waals surface area contributed by atoms with E-state index in [1.165, 1.54) is 25.5 Å².